The van der Waals surface area contributed by atoms with Crippen LogP contribution < -0.4 is 10.6 Å². The van der Waals surface area contributed by atoms with Crippen molar-refractivity contribution in [3.63, 3.8) is 0 Å². The molecule has 5 heteroatoms. The van der Waals surface area contributed by atoms with Crippen LogP contribution in [-0.2, 0) is 9.59 Å². The Bertz CT molecular complexity index is 467. The molecule has 1 aromatic heterocycles. The van der Waals surface area contributed by atoms with Crippen LogP contribution in [0, 0.1) is 5.92 Å². The zero-order valence-electron chi connectivity index (χ0n) is 12.7. The maximum absolute atomic E-state index is 12.0. The molecule has 0 spiro atoms. The molecule has 1 aliphatic rings. The highest BCUT2D eigenvalue weighted by atomic mass is 32.1. The van der Waals surface area contributed by atoms with Gasteiger partial charge in [0, 0.05) is 23.3 Å². The van der Waals surface area contributed by atoms with Gasteiger partial charge in [-0.25, -0.2) is 0 Å². The number of carbonyl (C=O) groups excluding carboxylic acids is 2. The highest BCUT2D eigenvalue weighted by Gasteiger charge is 2.24. The van der Waals surface area contributed by atoms with Gasteiger partial charge >= 0.3 is 0 Å². The summed E-state index contributed by atoms with van der Waals surface area (Å²) in [5.74, 6) is 0.245. The largest absolute Gasteiger partial charge is 0.353 e. The van der Waals surface area contributed by atoms with Crippen LogP contribution in [0.1, 0.15) is 56.9 Å². The molecule has 1 aromatic rings. The van der Waals surface area contributed by atoms with Crippen LogP contribution in [0.2, 0.25) is 0 Å². The first-order valence-corrected chi connectivity index (χ1v) is 8.57. The van der Waals surface area contributed by atoms with E-state index in [0.29, 0.717) is 6.42 Å². The predicted molar refractivity (Wildman–Crippen MR) is 85.1 cm³/mol. The second kappa shape index (κ2) is 7.59. The van der Waals surface area contributed by atoms with Crippen molar-refractivity contribution in [2.75, 3.05) is 0 Å². The number of amides is 2. The fourth-order valence-electron chi connectivity index (χ4n) is 2.79. The van der Waals surface area contributed by atoms with E-state index in [9.17, 15) is 9.59 Å². The minimum atomic E-state index is -0.117. The van der Waals surface area contributed by atoms with Crippen molar-refractivity contribution in [3.8, 4) is 0 Å². The number of thiophene rings is 1. The van der Waals surface area contributed by atoms with Gasteiger partial charge < -0.3 is 10.6 Å². The lowest BCUT2D eigenvalue weighted by atomic mass is 10.1. The third-order valence-electron chi connectivity index (χ3n) is 3.95. The Balaban J connectivity index is 1.72. The smallest absolute Gasteiger partial charge is 0.223 e. The third kappa shape index (κ3) is 4.84. The molecule has 21 heavy (non-hydrogen) atoms. The molecule has 2 atom stereocenters. The van der Waals surface area contributed by atoms with Crippen LogP contribution in [0.3, 0.4) is 0 Å². The van der Waals surface area contributed by atoms with Gasteiger partial charge in [0.05, 0.1) is 6.04 Å². The predicted octanol–water partition coefficient (Wildman–Crippen LogP) is 3.01. The lowest BCUT2D eigenvalue weighted by molar-refractivity contribution is -0.126. The normalized spacial score (nSPS) is 18.2. The Morgan fingerprint density at radius 2 is 2.00 bits per heavy atom. The van der Waals surface area contributed by atoms with Crippen molar-refractivity contribution >= 4 is 23.2 Å². The van der Waals surface area contributed by atoms with E-state index in [0.717, 1.165) is 30.6 Å². The number of rotatable bonds is 6. The van der Waals surface area contributed by atoms with Crippen molar-refractivity contribution in [2.24, 2.45) is 5.92 Å². The molecule has 1 aliphatic carbocycles. The van der Waals surface area contributed by atoms with Crippen LogP contribution in [0.5, 0.6) is 0 Å². The first-order valence-electron chi connectivity index (χ1n) is 7.69. The van der Waals surface area contributed by atoms with Crippen molar-refractivity contribution in [2.45, 2.75) is 58.0 Å². The van der Waals surface area contributed by atoms with Crippen molar-refractivity contribution in [1.82, 2.24) is 10.6 Å². The minimum absolute atomic E-state index is 0.0184. The van der Waals surface area contributed by atoms with Crippen molar-refractivity contribution < 1.29 is 9.59 Å². The highest BCUT2D eigenvalue weighted by Crippen LogP contribution is 2.24. The summed E-state index contributed by atoms with van der Waals surface area (Å²) in [4.78, 5) is 25.2. The van der Waals surface area contributed by atoms with Gasteiger partial charge in [-0.3, -0.25) is 9.59 Å². The van der Waals surface area contributed by atoms with Gasteiger partial charge in [-0.05, 0) is 38.1 Å². The van der Waals surface area contributed by atoms with Gasteiger partial charge in [0.15, 0.2) is 0 Å². The average Bonchev–Trinajstić information content (AvgIpc) is 3.12. The second-order valence-electron chi connectivity index (χ2n) is 5.90. The zero-order valence-corrected chi connectivity index (χ0v) is 13.5. The molecule has 2 N–H and O–H groups in total. The van der Waals surface area contributed by atoms with E-state index in [4.69, 9.17) is 0 Å². The Kier molecular flexibility index (Phi) is 5.79. The SMILES string of the molecule is CC(CC(=O)NC(C)c1cccs1)NC(=O)C1CCCC1. The lowest BCUT2D eigenvalue weighted by Gasteiger charge is -2.18. The summed E-state index contributed by atoms with van der Waals surface area (Å²) < 4.78 is 0. The number of carbonyl (C=O) groups is 2. The van der Waals surface area contributed by atoms with Crippen LogP contribution in [0.15, 0.2) is 17.5 Å². The van der Waals surface area contributed by atoms with Gasteiger partial charge in [-0.2, -0.15) is 0 Å². The first kappa shape index (κ1) is 16.0. The summed E-state index contributed by atoms with van der Waals surface area (Å²) in [7, 11) is 0. The average molecular weight is 308 g/mol. The summed E-state index contributed by atoms with van der Waals surface area (Å²) in [6.07, 6.45) is 4.59. The van der Waals surface area contributed by atoms with Gasteiger partial charge in [0.25, 0.3) is 0 Å². The maximum Gasteiger partial charge on any atom is 0.223 e. The van der Waals surface area contributed by atoms with E-state index < -0.39 is 0 Å². The van der Waals surface area contributed by atoms with Crippen molar-refractivity contribution in [3.05, 3.63) is 22.4 Å². The third-order valence-corrected chi connectivity index (χ3v) is 5.01. The quantitative estimate of drug-likeness (QED) is 0.848. The second-order valence-corrected chi connectivity index (χ2v) is 6.88. The summed E-state index contributed by atoms with van der Waals surface area (Å²) in [6.45, 7) is 3.87. The molecule has 0 bridgehead atoms. The summed E-state index contributed by atoms with van der Waals surface area (Å²) in [5, 5.41) is 7.94. The molecule has 0 radical (unpaired) electrons. The molecule has 1 saturated carbocycles. The molecule has 0 aromatic carbocycles. The topological polar surface area (TPSA) is 58.2 Å². The molecule has 116 valence electrons. The Hall–Kier alpha value is -1.36. The number of hydrogen-bond acceptors (Lipinski definition) is 3. The molecule has 2 amide bonds. The Labute approximate surface area is 130 Å². The van der Waals surface area contributed by atoms with Gasteiger partial charge in [-0.1, -0.05) is 18.9 Å². The number of nitrogens with one attached hydrogen (secondary N) is 2. The van der Waals surface area contributed by atoms with E-state index in [2.05, 4.69) is 10.6 Å². The van der Waals surface area contributed by atoms with Crippen LogP contribution in [-0.4, -0.2) is 17.9 Å². The van der Waals surface area contributed by atoms with Crippen LogP contribution in [0.4, 0.5) is 0 Å². The van der Waals surface area contributed by atoms with E-state index >= 15 is 0 Å². The summed E-state index contributed by atoms with van der Waals surface area (Å²) in [6, 6.07) is 3.90. The van der Waals surface area contributed by atoms with Crippen LogP contribution in [0.25, 0.3) is 0 Å². The molecular weight excluding hydrogens is 284 g/mol. The minimum Gasteiger partial charge on any atom is -0.353 e. The van der Waals surface area contributed by atoms with Gasteiger partial charge in [0.1, 0.15) is 0 Å². The monoisotopic (exact) mass is 308 g/mol. The summed E-state index contributed by atoms with van der Waals surface area (Å²) >= 11 is 1.63. The lowest BCUT2D eigenvalue weighted by Crippen LogP contribution is -2.40. The molecule has 1 heterocycles. The van der Waals surface area contributed by atoms with E-state index in [-0.39, 0.29) is 29.8 Å². The molecule has 1 fully saturated rings. The molecule has 2 rings (SSSR count). The Morgan fingerprint density at radius 3 is 2.62 bits per heavy atom. The Morgan fingerprint density at radius 1 is 1.29 bits per heavy atom. The van der Waals surface area contributed by atoms with Gasteiger partial charge in [0.2, 0.25) is 11.8 Å². The molecule has 4 nitrogen and oxygen atoms in total. The van der Waals surface area contributed by atoms with Gasteiger partial charge in [-0.15, -0.1) is 11.3 Å². The van der Waals surface area contributed by atoms with E-state index in [1.807, 2.05) is 31.4 Å². The standard InChI is InChI=1S/C16H24N2O2S/c1-11(17-16(20)13-6-3-4-7-13)10-15(19)18-12(2)14-8-5-9-21-14/h5,8-9,11-13H,3-4,6-7,10H2,1-2H3,(H,17,20)(H,18,19). The van der Waals surface area contributed by atoms with Crippen LogP contribution >= 0.6 is 11.3 Å². The molecular formula is C16H24N2O2S. The first-order chi connectivity index (χ1) is 10.1. The van der Waals surface area contributed by atoms with E-state index in [1.54, 1.807) is 11.3 Å². The fourth-order valence-corrected chi connectivity index (χ4v) is 3.52. The van der Waals surface area contributed by atoms with E-state index in [1.165, 1.54) is 0 Å². The number of hydrogen-bond donors (Lipinski definition) is 2. The maximum atomic E-state index is 12.0. The fraction of sp³-hybridized carbons (Fsp3) is 0.625. The zero-order chi connectivity index (χ0) is 15.2. The molecule has 0 saturated heterocycles. The van der Waals surface area contributed by atoms with Crippen molar-refractivity contribution in [1.29, 1.82) is 0 Å². The summed E-state index contributed by atoms with van der Waals surface area (Å²) in [5.41, 5.74) is 0. The molecule has 0 aliphatic heterocycles. The highest BCUT2D eigenvalue weighted by molar-refractivity contribution is 7.10. The molecule has 2 unspecified atom stereocenters.